The maximum atomic E-state index is 6.35. The monoisotopic (exact) mass is 469 g/mol. The fraction of sp³-hybridized carbons (Fsp3) is 1.00. The molecule has 0 aliphatic carbocycles. The van der Waals surface area contributed by atoms with Gasteiger partial charge in [0.05, 0.1) is 5.60 Å². The van der Waals surface area contributed by atoms with Gasteiger partial charge in [0.2, 0.25) is 0 Å². The van der Waals surface area contributed by atoms with Gasteiger partial charge in [-0.25, -0.2) is 0 Å². The van der Waals surface area contributed by atoms with Gasteiger partial charge in [-0.15, -0.1) is 0 Å². The molecule has 0 radical (unpaired) electrons. The molecule has 0 aliphatic heterocycles. The van der Waals surface area contributed by atoms with Crippen molar-refractivity contribution in [2.45, 2.75) is 116 Å². The lowest BCUT2D eigenvalue weighted by atomic mass is 9.98. The van der Waals surface area contributed by atoms with Gasteiger partial charge in [0.1, 0.15) is 6.23 Å². The number of hydrogen-bond donors (Lipinski definition) is 1. The van der Waals surface area contributed by atoms with Crippen molar-refractivity contribution >= 4 is 17.2 Å². The van der Waals surface area contributed by atoms with Crippen molar-refractivity contribution in [1.29, 1.82) is 0 Å². The van der Waals surface area contributed by atoms with E-state index in [0.29, 0.717) is 43.6 Å². The predicted molar refractivity (Wildman–Crippen MR) is 131 cm³/mol. The lowest BCUT2D eigenvalue weighted by Gasteiger charge is -2.43. The molecule has 0 rings (SSSR count). The Balaban J connectivity index is 5.32. The van der Waals surface area contributed by atoms with E-state index in [1.165, 1.54) is 0 Å². The van der Waals surface area contributed by atoms with E-state index in [4.69, 9.17) is 29.4 Å². The predicted octanol–water partition coefficient (Wildman–Crippen LogP) is 5.47. The highest BCUT2D eigenvalue weighted by molar-refractivity contribution is 7.40. The first-order valence-corrected chi connectivity index (χ1v) is 14.0. The summed E-state index contributed by atoms with van der Waals surface area (Å²) in [6, 6.07) is -0.398. The van der Waals surface area contributed by atoms with Gasteiger partial charge in [-0.3, -0.25) is 0 Å². The second kappa shape index (κ2) is 18.1. The van der Waals surface area contributed by atoms with Crippen molar-refractivity contribution < 1.29 is 23.7 Å². The number of rotatable bonds is 20. The standard InChI is InChI=1S/C22H49NO5P2/c1-9-13-24-20(25-14-10-2)29-17(5)22(8,28-19(7)23)18(6)30-21(26-15-11-3)27-16-12-4/h17-21,29-30H,9-16,23H2,1-8H3. The van der Waals surface area contributed by atoms with Gasteiger partial charge < -0.3 is 29.4 Å². The van der Waals surface area contributed by atoms with Gasteiger partial charge in [0, 0.05) is 37.7 Å². The zero-order chi connectivity index (χ0) is 23.0. The summed E-state index contributed by atoms with van der Waals surface area (Å²) in [5.74, 6) is 0. The van der Waals surface area contributed by atoms with E-state index in [1.807, 2.05) is 6.92 Å². The minimum absolute atomic E-state index is 0.199. The minimum atomic E-state index is -0.433. The van der Waals surface area contributed by atoms with Crippen molar-refractivity contribution in [3.8, 4) is 0 Å². The maximum absolute atomic E-state index is 6.35. The van der Waals surface area contributed by atoms with Gasteiger partial charge in [-0.2, -0.15) is 0 Å². The Morgan fingerprint density at radius 1 is 0.667 bits per heavy atom. The molecule has 0 heterocycles. The SMILES string of the molecule is CCCOC(OCCC)PC(C)C(C)(OC(C)N)C(C)PC(OCCC)OCCC. The van der Waals surface area contributed by atoms with Crippen LogP contribution in [0.15, 0.2) is 0 Å². The number of ether oxygens (including phenoxy) is 5. The highest BCUT2D eigenvalue weighted by atomic mass is 31.1. The molecule has 0 aromatic rings. The van der Waals surface area contributed by atoms with Crippen LogP contribution in [0.2, 0.25) is 0 Å². The van der Waals surface area contributed by atoms with Crippen molar-refractivity contribution in [3.05, 3.63) is 0 Å². The zero-order valence-corrected chi connectivity index (χ0v) is 22.7. The van der Waals surface area contributed by atoms with Crippen LogP contribution in [-0.4, -0.2) is 61.6 Å². The van der Waals surface area contributed by atoms with Crippen molar-refractivity contribution in [2.75, 3.05) is 26.4 Å². The highest BCUT2D eigenvalue weighted by Gasteiger charge is 2.41. The Morgan fingerprint density at radius 3 is 1.20 bits per heavy atom. The van der Waals surface area contributed by atoms with Crippen LogP contribution < -0.4 is 5.73 Å². The maximum Gasteiger partial charge on any atom is 0.173 e. The summed E-state index contributed by atoms with van der Waals surface area (Å²) in [5.41, 5.74) is 6.08. The van der Waals surface area contributed by atoms with Gasteiger partial charge in [-0.05, 0) is 39.5 Å². The van der Waals surface area contributed by atoms with Crippen LogP contribution in [0.1, 0.15) is 81.1 Å². The molecule has 0 saturated heterocycles. The highest BCUT2D eigenvalue weighted by Crippen LogP contribution is 2.45. The molecular weight excluding hydrogens is 420 g/mol. The lowest BCUT2D eigenvalue weighted by molar-refractivity contribution is -0.0964. The Hall–Kier alpha value is 0.620. The van der Waals surface area contributed by atoms with Crippen LogP contribution >= 0.6 is 17.2 Å². The second-order valence-corrected chi connectivity index (χ2v) is 11.3. The second-order valence-electron chi connectivity index (χ2n) is 7.93. The normalized spacial score (nSPS) is 18.1. The largest absolute Gasteiger partial charge is 0.356 e. The molecule has 5 atom stereocenters. The number of hydrogen-bond acceptors (Lipinski definition) is 6. The molecule has 2 N–H and O–H groups in total. The van der Waals surface area contributed by atoms with Crippen LogP contribution in [0.25, 0.3) is 0 Å². The summed E-state index contributed by atoms with van der Waals surface area (Å²) >= 11 is 0. The minimum Gasteiger partial charge on any atom is -0.356 e. The summed E-state index contributed by atoms with van der Waals surface area (Å²) < 4.78 is 30.3. The fourth-order valence-corrected chi connectivity index (χ4v) is 6.04. The van der Waals surface area contributed by atoms with Crippen LogP contribution in [0.4, 0.5) is 0 Å². The van der Waals surface area contributed by atoms with Crippen LogP contribution in [0, 0.1) is 0 Å². The Kier molecular flexibility index (Phi) is 18.5. The van der Waals surface area contributed by atoms with E-state index in [-0.39, 0.29) is 29.6 Å². The first kappa shape index (κ1) is 30.6. The molecule has 30 heavy (non-hydrogen) atoms. The summed E-state index contributed by atoms with van der Waals surface area (Å²) in [4.78, 5) is 0. The molecule has 0 aromatic heterocycles. The molecule has 0 aliphatic rings. The van der Waals surface area contributed by atoms with E-state index >= 15 is 0 Å². The molecule has 0 aromatic carbocycles. The topological polar surface area (TPSA) is 72.2 Å². The van der Waals surface area contributed by atoms with Crippen LogP contribution in [-0.2, 0) is 23.7 Å². The molecular formula is C22H49NO5P2. The van der Waals surface area contributed by atoms with Gasteiger partial charge in [0.15, 0.2) is 12.1 Å². The average Bonchev–Trinajstić information content (AvgIpc) is 2.70. The molecule has 5 unspecified atom stereocenters. The molecule has 0 saturated carbocycles. The van der Waals surface area contributed by atoms with Gasteiger partial charge >= 0.3 is 0 Å². The fourth-order valence-electron chi connectivity index (χ4n) is 2.91. The van der Waals surface area contributed by atoms with Crippen molar-refractivity contribution in [2.24, 2.45) is 5.73 Å². The Morgan fingerprint density at radius 2 is 0.967 bits per heavy atom. The third-order valence-corrected chi connectivity index (χ3v) is 8.18. The van der Waals surface area contributed by atoms with Gasteiger partial charge in [0.25, 0.3) is 0 Å². The molecule has 8 heteroatoms. The third-order valence-electron chi connectivity index (χ3n) is 4.82. The zero-order valence-electron chi connectivity index (χ0n) is 20.7. The van der Waals surface area contributed by atoms with Gasteiger partial charge in [-0.1, -0.05) is 58.7 Å². The molecule has 0 spiro atoms. The molecule has 6 nitrogen and oxygen atoms in total. The average molecular weight is 470 g/mol. The third kappa shape index (κ3) is 12.6. The quantitative estimate of drug-likeness (QED) is 0.188. The first-order chi connectivity index (χ1) is 14.2. The molecule has 0 amide bonds. The summed E-state index contributed by atoms with van der Waals surface area (Å²) in [7, 11) is 0.914. The molecule has 0 bridgehead atoms. The smallest absolute Gasteiger partial charge is 0.173 e. The summed E-state index contributed by atoms with van der Waals surface area (Å²) in [5, 5.41) is 0. The Bertz CT molecular complexity index is 360. The Labute approximate surface area is 189 Å². The van der Waals surface area contributed by atoms with E-state index in [0.717, 1.165) is 25.7 Å². The van der Waals surface area contributed by atoms with Crippen LogP contribution in [0.5, 0.6) is 0 Å². The number of nitrogens with two attached hydrogens (primary N) is 1. The lowest BCUT2D eigenvalue weighted by Crippen LogP contribution is -2.50. The van der Waals surface area contributed by atoms with E-state index in [9.17, 15) is 0 Å². The van der Waals surface area contributed by atoms with Crippen LogP contribution in [0.3, 0.4) is 0 Å². The molecule has 0 fully saturated rings. The summed E-state index contributed by atoms with van der Waals surface area (Å²) in [6.45, 7) is 19.8. The molecule has 182 valence electrons. The van der Waals surface area contributed by atoms with E-state index in [1.54, 1.807) is 0 Å². The van der Waals surface area contributed by atoms with Crippen molar-refractivity contribution in [1.82, 2.24) is 0 Å². The van der Waals surface area contributed by atoms with E-state index in [2.05, 4.69) is 48.5 Å². The van der Waals surface area contributed by atoms with E-state index < -0.39 is 5.60 Å². The summed E-state index contributed by atoms with van der Waals surface area (Å²) in [6.07, 6.45) is 3.54. The first-order valence-electron chi connectivity index (χ1n) is 11.7. The van der Waals surface area contributed by atoms with Crippen molar-refractivity contribution in [3.63, 3.8) is 0 Å².